The van der Waals surface area contributed by atoms with Gasteiger partial charge in [-0.3, -0.25) is 9.59 Å². The molecule has 5 rings (SSSR count). The van der Waals surface area contributed by atoms with Crippen molar-refractivity contribution >= 4 is 40.7 Å². The molecular weight excluding hydrogens is 413 g/mol. The number of methoxy groups -OCH3 is 1. The van der Waals surface area contributed by atoms with Gasteiger partial charge in [0.05, 0.1) is 34.8 Å². The first-order valence-electron chi connectivity index (χ1n) is 9.52. The quantitative estimate of drug-likeness (QED) is 0.695. The molecule has 3 saturated heterocycles. The highest BCUT2D eigenvalue weighted by atomic mass is 35.5. The average Bonchev–Trinajstić information content (AvgIpc) is 3.36. The number of hydrazine groups is 1. The monoisotopic (exact) mass is 431 g/mol. The summed E-state index contributed by atoms with van der Waals surface area (Å²) in [7, 11) is 1.62. The van der Waals surface area contributed by atoms with Gasteiger partial charge in [-0.2, -0.15) is 0 Å². The molecule has 2 aromatic carbocycles. The molecule has 6 nitrogen and oxygen atoms in total. The summed E-state index contributed by atoms with van der Waals surface area (Å²) in [5, 5.41) is 4.79. The number of carbonyl (C=O) groups is 2. The number of ether oxygens (including phenoxy) is 1. The van der Waals surface area contributed by atoms with Gasteiger partial charge in [-0.1, -0.05) is 41.4 Å². The van der Waals surface area contributed by atoms with Gasteiger partial charge in [0.1, 0.15) is 11.8 Å². The number of para-hydroxylation sites is 1. The maximum atomic E-state index is 13.6. The van der Waals surface area contributed by atoms with E-state index in [1.807, 2.05) is 29.3 Å². The molecule has 3 fully saturated rings. The number of nitrogens with zero attached hydrogens (tertiary/aromatic N) is 3. The summed E-state index contributed by atoms with van der Waals surface area (Å²) in [6, 6.07) is 11.9. The molecule has 0 saturated carbocycles. The Hall–Kier alpha value is -2.12. The Labute approximate surface area is 178 Å². The minimum Gasteiger partial charge on any atom is -0.497 e. The maximum Gasteiger partial charge on any atom is 0.253 e. The summed E-state index contributed by atoms with van der Waals surface area (Å²) < 4.78 is 5.26. The molecule has 0 spiro atoms. The lowest BCUT2D eigenvalue weighted by Crippen LogP contribution is -2.44. The topological polar surface area (TPSA) is 53.1 Å². The second kappa shape index (κ2) is 6.99. The molecule has 0 N–H and O–H groups in total. The lowest BCUT2D eigenvalue weighted by atomic mass is 9.90. The second-order valence-corrected chi connectivity index (χ2v) is 8.26. The van der Waals surface area contributed by atoms with E-state index in [0.29, 0.717) is 10.0 Å². The standard InChI is InChI=1S/C21H19Cl2N3O3/c1-29-13-8-6-12(7-9-13)17-16-19(25-11-3-10-24(17)25)21(28)26(20(16)27)18-14(22)4-2-5-15(18)23/h2,4-9,16-17,19H,3,10-11H2,1H3/t16-,17+,19-/m1/s1. The van der Waals surface area contributed by atoms with Crippen LogP contribution in [0.1, 0.15) is 18.0 Å². The Bertz CT molecular complexity index is 977. The van der Waals surface area contributed by atoms with Crippen LogP contribution in [0.15, 0.2) is 42.5 Å². The number of hydrogen-bond donors (Lipinski definition) is 0. The molecule has 2 amide bonds. The van der Waals surface area contributed by atoms with Crippen LogP contribution in [0.4, 0.5) is 5.69 Å². The molecule has 3 aliphatic heterocycles. The van der Waals surface area contributed by atoms with Crippen LogP contribution in [0.25, 0.3) is 0 Å². The summed E-state index contributed by atoms with van der Waals surface area (Å²) in [5.41, 5.74) is 1.26. The van der Waals surface area contributed by atoms with E-state index in [1.165, 1.54) is 4.90 Å². The van der Waals surface area contributed by atoms with E-state index in [4.69, 9.17) is 27.9 Å². The number of rotatable bonds is 3. The highest BCUT2D eigenvalue weighted by Gasteiger charge is 2.63. The molecule has 3 heterocycles. The highest BCUT2D eigenvalue weighted by Crippen LogP contribution is 2.50. The van der Waals surface area contributed by atoms with Crippen molar-refractivity contribution in [1.29, 1.82) is 0 Å². The highest BCUT2D eigenvalue weighted by molar-refractivity contribution is 6.42. The number of amides is 2. The minimum absolute atomic E-state index is 0.212. The van der Waals surface area contributed by atoms with Crippen molar-refractivity contribution in [3.05, 3.63) is 58.1 Å². The van der Waals surface area contributed by atoms with Crippen LogP contribution in [0.2, 0.25) is 10.0 Å². The molecule has 0 aliphatic carbocycles. The lowest BCUT2D eigenvalue weighted by molar-refractivity contribution is -0.126. The zero-order chi connectivity index (χ0) is 20.3. The molecule has 0 unspecified atom stereocenters. The van der Waals surface area contributed by atoms with E-state index >= 15 is 0 Å². The van der Waals surface area contributed by atoms with Crippen LogP contribution in [-0.2, 0) is 9.59 Å². The largest absolute Gasteiger partial charge is 0.497 e. The Balaban J connectivity index is 1.59. The van der Waals surface area contributed by atoms with Gasteiger partial charge in [0.25, 0.3) is 5.91 Å². The van der Waals surface area contributed by atoms with Gasteiger partial charge in [0.2, 0.25) is 5.91 Å². The predicted octanol–water partition coefficient (Wildman–Crippen LogP) is 3.54. The summed E-state index contributed by atoms with van der Waals surface area (Å²) in [5.74, 6) is -0.286. The Morgan fingerprint density at radius 1 is 0.897 bits per heavy atom. The Morgan fingerprint density at radius 3 is 2.14 bits per heavy atom. The number of hydrogen-bond acceptors (Lipinski definition) is 5. The maximum absolute atomic E-state index is 13.6. The lowest BCUT2D eigenvalue weighted by Gasteiger charge is -2.30. The molecule has 0 bridgehead atoms. The van der Waals surface area contributed by atoms with Gasteiger partial charge in [-0.05, 0) is 36.2 Å². The fraction of sp³-hybridized carbons (Fsp3) is 0.333. The predicted molar refractivity (Wildman–Crippen MR) is 110 cm³/mol. The van der Waals surface area contributed by atoms with Crippen molar-refractivity contribution in [2.45, 2.75) is 18.5 Å². The molecule has 3 aliphatic rings. The van der Waals surface area contributed by atoms with Gasteiger partial charge in [0.15, 0.2) is 0 Å². The summed E-state index contributed by atoms with van der Waals surface area (Å²) in [6.07, 6.45) is 0.949. The van der Waals surface area contributed by atoms with Crippen molar-refractivity contribution < 1.29 is 14.3 Å². The zero-order valence-corrected chi connectivity index (χ0v) is 17.2. The fourth-order valence-corrected chi connectivity index (χ4v) is 5.40. The van der Waals surface area contributed by atoms with E-state index in [9.17, 15) is 9.59 Å². The van der Waals surface area contributed by atoms with Crippen LogP contribution in [0.3, 0.4) is 0 Å². The molecular formula is C21H19Cl2N3O3. The van der Waals surface area contributed by atoms with Crippen molar-refractivity contribution in [1.82, 2.24) is 10.0 Å². The molecule has 29 heavy (non-hydrogen) atoms. The van der Waals surface area contributed by atoms with Crippen LogP contribution >= 0.6 is 23.2 Å². The molecule has 0 radical (unpaired) electrons. The third kappa shape index (κ3) is 2.70. The SMILES string of the molecule is COc1ccc([C@H]2[C@H]3C(=O)N(c4c(Cl)cccc4Cl)C(=O)[C@@H]3N3CCCN23)cc1. The number of fused-ring (bicyclic) bond motifs is 3. The number of anilines is 1. The molecule has 150 valence electrons. The van der Waals surface area contributed by atoms with E-state index in [-0.39, 0.29) is 23.5 Å². The summed E-state index contributed by atoms with van der Waals surface area (Å²) in [4.78, 5) is 28.2. The van der Waals surface area contributed by atoms with Crippen LogP contribution in [0.5, 0.6) is 5.75 Å². The van der Waals surface area contributed by atoms with Crippen molar-refractivity contribution in [2.75, 3.05) is 25.1 Å². The van der Waals surface area contributed by atoms with Crippen LogP contribution in [0, 0.1) is 5.92 Å². The molecule has 8 heteroatoms. The third-order valence-corrected chi connectivity index (χ3v) is 6.63. The first-order chi connectivity index (χ1) is 14.0. The number of imide groups is 1. The van der Waals surface area contributed by atoms with Gasteiger partial charge in [-0.25, -0.2) is 14.9 Å². The van der Waals surface area contributed by atoms with Crippen molar-refractivity contribution in [2.24, 2.45) is 5.92 Å². The first kappa shape index (κ1) is 18.9. The van der Waals surface area contributed by atoms with Gasteiger partial charge >= 0.3 is 0 Å². The smallest absolute Gasteiger partial charge is 0.253 e. The molecule has 0 aromatic heterocycles. The second-order valence-electron chi connectivity index (χ2n) is 7.45. The van der Waals surface area contributed by atoms with Gasteiger partial charge < -0.3 is 4.74 Å². The van der Waals surface area contributed by atoms with Crippen LogP contribution in [-0.4, -0.2) is 48.1 Å². The van der Waals surface area contributed by atoms with E-state index < -0.39 is 12.0 Å². The van der Waals surface area contributed by atoms with Gasteiger partial charge in [0, 0.05) is 13.1 Å². The van der Waals surface area contributed by atoms with Gasteiger partial charge in [-0.15, -0.1) is 0 Å². The zero-order valence-electron chi connectivity index (χ0n) is 15.7. The number of halogens is 2. The normalized spacial score (nSPS) is 26.9. The fourth-order valence-electron chi connectivity index (χ4n) is 4.84. The van der Waals surface area contributed by atoms with E-state index in [0.717, 1.165) is 30.8 Å². The summed E-state index contributed by atoms with van der Waals surface area (Å²) >= 11 is 12.7. The molecule has 3 atom stereocenters. The minimum atomic E-state index is -0.538. The first-order valence-corrected chi connectivity index (χ1v) is 10.3. The number of carbonyl (C=O) groups excluding carboxylic acids is 2. The van der Waals surface area contributed by atoms with E-state index in [1.54, 1.807) is 25.3 Å². The summed E-state index contributed by atoms with van der Waals surface area (Å²) in [6.45, 7) is 1.56. The van der Waals surface area contributed by atoms with Crippen LogP contribution < -0.4 is 9.64 Å². The Kier molecular flexibility index (Phi) is 4.55. The van der Waals surface area contributed by atoms with E-state index in [2.05, 4.69) is 5.01 Å². The average molecular weight is 432 g/mol. The molecule has 2 aromatic rings. The van der Waals surface area contributed by atoms with Crippen molar-refractivity contribution in [3.8, 4) is 5.75 Å². The number of benzene rings is 2. The Morgan fingerprint density at radius 2 is 1.52 bits per heavy atom. The van der Waals surface area contributed by atoms with Crippen molar-refractivity contribution in [3.63, 3.8) is 0 Å². The third-order valence-electron chi connectivity index (χ3n) is 6.02.